The molecule has 0 saturated heterocycles. The fourth-order valence-corrected chi connectivity index (χ4v) is 3.09. The van der Waals surface area contributed by atoms with Gasteiger partial charge >= 0.3 is 6.18 Å². The molecule has 1 amide bonds. The highest BCUT2D eigenvalue weighted by Crippen LogP contribution is 2.19. The molecule has 0 radical (unpaired) electrons. The molecule has 0 aliphatic carbocycles. The van der Waals surface area contributed by atoms with Crippen LogP contribution in [0.5, 0.6) is 0 Å². The first-order chi connectivity index (χ1) is 13.2. The van der Waals surface area contributed by atoms with Crippen LogP contribution in [-0.2, 0) is 17.9 Å². The lowest BCUT2D eigenvalue weighted by molar-refractivity contribution is -0.163. The van der Waals surface area contributed by atoms with Gasteiger partial charge in [0.2, 0.25) is 5.91 Å². The lowest BCUT2D eigenvalue weighted by atomic mass is 10.2. The summed E-state index contributed by atoms with van der Waals surface area (Å²) in [4.78, 5) is 28.5. The number of benzene rings is 1. The van der Waals surface area contributed by atoms with Crippen molar-refractivity contribution in [3.63, 3.8) is 0 Å². The SMILES string of the molecule is O=C(CCn1c(=S)[nH]c2ccccc2c1=O)N(Cc1ccco1)CC(F)(F)F. The number of hydrogen-bond donors (Lipinski definition) is 1. The summed E-state index contributed by atoms with van der Waals surface area (Å²) in [6.45, 7) is -1.86. The van der Waals surface area contributed by atoms with Crippen molar-refractivity contribution in [2.75, 3.05) is 6.54 Å². The third-order valence-corrected chi connectivity index (χ3v) is 4.41. The predicted molar refractivity (Wildman–Crippen MR) is 98.2 cm³/mol. The quantitative estimate of drug-likeness (QED) is 0.629. The number of furan rings is 1. The Morgan fingerprint density at radius 2 is 1.96 bits per heavy atom. The molecule has 0 spiro atoms. The Hall–Kier alpha value is -2.88. The van der Waals surface area contributed by atoms with E-state index in [-0.39, 0.29) is 30.0 Å². The molecule has 1 aromatic carbocycles. The van der Waals surface area contributed by atoms with Gasteiger partial charge in [-0.25, -0.2) is 0 Å². The fourth-order valence-electron chi connectivity index (χ4n) is 2.81. The minimum atomic E-state index is -4.56. The number of aromatic amines is 1. The maximum absolute atomic E-state index is 12.9. The highest BCUT2D eigenvalue weighted by atomic mass is 32.1. The molecule has 0 aliphatic rings. The van der Waals surface area contributed by atoms with Crippen LogP contribution >= 0.6 is 12.2 Å². The van der Waals surface area contributed by atoms with Crippen LogP contribution in [-0.4, -0.2) is 33.1 Å². The molecule has 28 heavy (non-hydrogen) atoms. The average Bonchev–Trinajstić information content (AvgIpc) is 3.12. The topological polar surface area (TPSA) is 71.2 Å². The summed E-state index contributed by atoms with van der Waals surface area (Å²) in [6, 6.07) is 9.74. The van der Waals surface area contributed by atoms with Crippen molar-refractivity contribution in [1.82, 2.24) is 14.5 Å². The molecule has 6 nitrogen and oxygen atoms in total. The second-order valence-corrected chi connectivity index (χ2v) is 6.51. The monoisotopic (exact) mass is 411 g/mol. The number of carbonyl (C=O) groups excluding carboxylic acids is 1. The van der Waals surface area contributed by atoms with E-state index >= 15 is 0 Å². The summed E-state index contributed by atoms with van der Waals surface area (Å²) in [5, 5.41) is 0.381. The maximum Gasteiger partial charge on any atom is 0.406 e. The minimum absolute atomic E-state index is 0.102. The number of carbonyl (C=O) groups is 1. The van der Waals surface area contributed by atoms with Gasteiger partial charge in [0.25, 0.3) is 5.56 Å². The molecule has 148 valence electrons. The van der Waals surface area contributed by atoms with Crippen molar-refractivity contribution in [2.24, 2.45) is 0 Å². The normalized spacial score (nSPS) is 11.7. The van der Waals surface area contributed by atoms with Crippen LogP contribution in [0.2, 0.25) is 0 Å². The number of para-hydroxylation sites is 1. The minimum Gasteiger partial charge on any atom is -0.467 e. The zero-order valence-corrected chi connectivity index (χ0v) is 15.3. The van der Waals surface area contributed by atoms with Gasteiger partial charge in [0.05, 0.1) is 23.7 Å². The van der Waals surface area contributed by atoms with Gasteiger partial charge in [-0.3, -0.25) is 14.2 Å². The van der Waals surface area contributed by atoms with E-state index in [1.54, 1.807) is 24.3 Å². The van der Waals surface area contributed by atoms with Crippen LogP contribution < -0.4 is 5.56 Å². The number of fused-ring (bicyclic) bond motifs is 1. The van der Waals surface area contributed by atoms with E-state index in [0.29, 0.717) is 15.8 Å². The molecule has 1 N–H and O–H groups in total. The Bertz CT molecular complexity index is 1090. The van der Waals surface area contributed by atoms with Crippen molar-refractivity contribution in [2.45, 2.75) is 25.7 Å². The molecular formula is C18H16F3N3O3S. The molecule has 2 heterocycles. The number of amides is 1. The van der Waals surface area contributed by atoms with Crippen LogP contribution in [0.3, 0.4) is 0 Å². The third-order valence-electron chi connectivity index (χ3n) is 4.09. The molecule has 0 unspecified atom stereocenters. The Morgan fingerprint density at radius 1 is 1.21 bits per heavy atom. The number of nitrogens with one attached hydrogen (secondary N) is 1. The first-order valence-corrected chi connectivity index (χ1v) is 8.74. The van der Waals surface area contributed by atoms with Gasteiger partial charge in [0, 0.05) is 13.0 Å². The van der Waals surface area contributed by atoms with Crippen molar-refractivity contribution >= 4 is 29.0 Å². The fraction of sp³-hybridized carbons (Fsp3) is 0.278. The third kappa shape index (κ3) is 4.69. The van der Waals surface area contributed by atoms with E-state index in [4.69, 9.17) is 16.6 Å². The lowest BCUT2D eigenvalue weighted by Crippen LogP contribution is -2.39. The molecule has 0 bridgehead atoms. The summed E-state index contributed by atoms with van der Waals surface area (Å²) >= 11 is 5.15. The number of hydrogen-bond acceptors (Lipinski definition) is 4. The Kier molecular flexibility index (Phi) is 5.68. The first-order valence-electron chi connectivity index (χ1n) is 8.33. The van der Waals surface area contributed by atoms with Gasteiger partial charge in [0.15, 0.2) is 4.77 Å². The molecule has 3 aromatic rings. The highest BCUT2D eigenvalue weighted by Gasteiger charge is 2.33. The van der Waals surface area contributed by atoms with Crippen LogP contribution in [0.4, 0.5) is 13.2 Å². The largest absolute Gasteiger partial charge is 0.467 e. The molecule has 10 heteroatoms. The van der Waals surface area contributed by atoms with E-state index in [1.165, 1.54) is 23.0 Å². The summed E-state index contributed by atoms with van der Waals surface area (Å²) in [5.74, 6) is -0.527. The number of rotatable bonds is 6. The van der Waals surface area contributed by atoms with Crippen molar-refractivity contribution in [3.05, 3.63) is 63.5 Å². The van der Waals surface area contributed by atoms with E-state index < -0.39 is 24.2 Å². The Labute approximate surface area is 162 Å². The van der Waals surface area contributed by atoms with E-state index in [9.17, 15) is 22.8 Å². The smallest absolute Gasteiger partial charge is 0.406 e. The first kappa shape index (κ1) is 19.9. The zero-order chi connectivity index (χ0) is 20.3. The molecule has 3 rings (SSSR count). The molecule has 0 aliphatic heterocycles. The number of aromatic nitrogens is 2. The Morgan fingerprint density at radius 3 is 2.64 bits per heavy atom. The number of halogens is 3. The summed E-state index contributed by atoms with van der Waals surface area (Å²) in [5.41, 5.74) is 0.150. The van der Waals surface area contributed by atoms with Crippen LogP contribution in [0.15, 0.2) is 51.9 Å². The lowest BCUT2D eigenvalue weighted by Gasteiger charge is -2.23. The van der Waals surface area contributed by atoms with Gasteiger partial charge in [-0.05, 0) is 36.5 Å². The van der Waals surface area contributed by atoms with E-state index in [1.807, 2.05) is 0 Å². The predicted octanol–water partition coefficient (Wildman–Crippen LogP) is 3.63. The second-order valence-electron chi connectivity index (χ2n) is 6.13. The second kappa shape index (κ2) is 8.01. The number of alkyl halides is 3. The molecule has 0 fully saturated rings. The van der Waals surface area contributed by atoms with Gasteiger partial charge < -0.3 is 14.3 Å². The maximum atomic E-state index is 12.9. The van der Waals surface area contributed by atoms with Gasteiger partial charge in [-0.1, -0.05) is 12.1 Å². The number of H-pyrrole nitrogens is 1. The number of nitrogens with zero attached hydrogens (tertiary/aromatic N) is 2. The van der Waals surface area contributed by atoms with Crippen LogP contribution in [0, 0.1) is 4.77 Å². The molecular weight excluding hydrogens is 395 g/mol. The highest BCUT2D eigenvalue weighted by molar-refractivity contribution is 7.71. The van der Waals surface area contributed by atoms with Crippen molar-refractivity contribution in [3.8, 4) is 0 Å². The van der Waals surface area contributed by atoms with Gasteiger partial charge in [-0.15, -0.1) is 0 Å². The zero-order valence-electron chi connectivity index (χ0n) is 14.5. The van der Waals surface area contributed by atoms with Gasteiger partial charge in [0.1, 0.15) is 12.3 Å². The average molecular weight is 411 g/mol. The van der Waals surface area contributed by atoms with Crippen LogP contribution in [0.25, 0.3) is 10.9 Å². The summed E-state index contributed by atoms with van der Waals surface area (Å²) in [7, 11) is 0. The molecule has 2 aromatic heterocycles. The van der Waals surface area contributed by atoms with Crippen molar-refractivity contribution in [1.29, 1.82) is 0 Å². The van der Waals surface area contributed by atoms with Crippen LogP contribution in [0.1, 0.15) is 12.2 Å². The summed E-state index contributed by atoms with van der Waals surface area (Å²) < 4.78 is 44.9. The van der Waals surface area contributed by atoms with Crippen molar-refractivity contribution < 1.29 is 22.4 Å². The standard InChI is InChI=1S/C18H16F3N3O3S/c19-18(20,21)11-23(10-12-4-3-9-27-12)15(25)7-8-24-16(26)13-5-1-2-6-14(13)22-17(24)28/h1-6,9H,7-8,10-11H2,(H,22,28). The van der Waals surface area contributed by atoms with E-state index in [2.05, 4.69) is 4.98 Å². The molecule has 0 atom stereocenters. The summed E-state index contributed by atoms with van der Waals surface area (Å²) in [6.07, 6.45) is -3.55. The Balaban J connectivity index is 1.80. The van der Waals surface area contributed by atoms with E-state index in [0.717, 1.165) is 0 Å². The van der Waals surface area contributed by atoms with Gasteiger partial charge in [-0.2, -0.15) is 13.2 Å². The molecule has 0 saturated carbocycles.